The van der Waals surface area contributed by atoms with Gasteiger partial charge in [-0.15, -0.1) is 0 Å². The number of aliphatic hydroxyl groups excluding tert-OH is 1. The van der Waals surface area contributed by atoms with Crippen molar-refractivity contribution in [3.05, 3.63) is 28.2 Å². The van der Waals surface area contributed by atoms with E-state index in [0.29, 0.717) is 5.69 Å². The summed E-state index contributed by atoms with van der Waals surface area (Å²) in [5.41, 5.74) is 1.44. The number of carboxylic acid groups (broad SMARTS) is 1. The van der Waals surface area contributed by atoms with E-state index < -0.39 is 18.0 Å². The topological polar surface area (TPSA) is 98.7 Å². The number of hydrogen-bond donors (Lipinski definition) is 4. The normalized spacial score (nSPS) is 11.7. The maximum atomic E-state index is 11.7. The minimum Gasteiger partial charge on any atom is -0.480 e. The molecule has 0 fully saturated rings. The number of hydrogen-bond acceptors (Lipinski definition) is 3. The number of carbonyl (C=O) groups is 2. The standard InChI is InChI=1S/C12H15BrN2O4/c1-7-2-3-8(13)6-10(7)15-12(19)14-9(4-5-16)11(17)18/h2-3,6,9,16H,4-5H2,1H3,(H,17,18)(H2,14,15,19)/t9-/m1/s1. The maximum Gasteiger partial charge on any atom is 0.326 e. The monoisotopic (exact) mass is 330 g/mol. The Morgan fingerprint density at radius 1 is 1.42 bits per heavy atom. The quantitative estimate of drug-likeness (QED) is 0.660. The van der Waals surface area contributed by atoms with E-state index in [0.717, 1.165) is 10.0 Å². The summed E-state index contributed by atoms with van der Waals surface area (Å²) in [6.07, 6.45) is -0.0414. The number of aliphatic carboxylic acids is 1. The number of aliphatic hydroxyl groups is 1. The van der Waals surface area contributed by atoms with Crippen LogP contribution >= 0.6 is 15.9 Å². The number of nitrogens with one attached hydrogen (secondary N) is 2. The molecule has 1 atom stereocenters. The van der Waals surface area contributed by atoms with Crippen LogP contribution in [0.4, 0.5) is 10.5 Å². The van der Waals surface area contributed by atoms with Gasteiger partial charge in [0.15, 0.2) is 0 Å². The smallest absolute Gasteiger partial charge is 0.326 e. The zero-order valence-electron chi connectivity index (χ0n) is 10.3. The largest absolute Gasteiger partial charge is 0.480 e. The van der Waals surface area contributed by atoms with E-state index in [-0.39, 0.29) is 13.0 Å². The molecule has 0 unspecified atom stereocenters. The summed E-state index contributed by atoms with van der Waals surface area (Å²) in [5.74, 6) is -1.19. The molecule has 0 aromatic heterocycles. The molecule has 6 nitrogen and oxygen atoms in total. The van der Waals surface area contributed by atoms with E-state index in [1.54, 1.807) is 6.07 Å². The molecule has 19 heavy (non-hydrogen) atoms. The minimum absolute atomic E-state index is 0.0414. The molecule has 0 spiro atoms. The summed E-state index contributed by atoms with van der Waals surface area (Å²) in [7, 11) is 0. The summed E-state index contributed by atoms with van der Waals surface area (Å²) >= 11 is 3.29. The lowest BCUT2D eigenvalue weighted by Gasteiger charge is -2.15. The van der Waals surface area contributed by atoms with Gasteiger partial charge >= 0.3 is 12.0 Å². The molecule has 1 aromatic carbocycles. The van der Waals surface area contributed by atoms with Gasteiger partial charge in [0.05, 0.1) is 0 Å². The highest BCUT2D eigenvalue weighted by atomic mass is 79.9. The summed E-state index contributed by atoms with van der Waals surface area (Å²) < 4.78 is 0.804. The molecule has 0 bridgehead atoms. The number of urea groups is 1. The van der Waals surface area contributed by atoms with Gasteiger partial charge in [0.2, 0.25) is 0 Å². The zero-order valence-corrected chi connectivity index (χ0v) is 11.9. The van der Waals surface area contributed by atoms with Crippen molar-refractivity contribution in [3.8, 4) is 0 Å². The number of halogens is 1. The predicted molar refractivity (Wildman–Crippen MR) is 74.2 cm³/mol. The van der Waals surface area contributed by atoms with Gasteiger partial charge in [0.1, 0.15) is 6.04 Å². The average molecular weight is 331 g/mol. The van der Waals surface area contributed by atoms with Gasteiger partial charge < -0.3 is 20.8 Å². The fourth-order valence-electron chi connectivity index (χ4n) is 1.43. The third kappa shape index (κ3) is 4.88. The van der Waals surface area contributed by atoms with Crippen LogP contribution in [0.25, 0.3) is 0 Å². The number of carbonyl (C=O) groups excluding carboxylic acids is 1. The van der Waals surface area contributed by atoms with Gasteiger partial charge in [0.25, 0.3) is 0 Å². The Labute approximate surface area is 118 Å². The highest BCUT2D eigenvalue weighted by Crippen LogP contribution is 2.20. The second-order valence-corrected chi connectivity index (χ2v) is 4.88. The lowest BCUT2D eigenvalue weighted by atomic mass is 10.2. The Morgan fingerprint density at radius 2 is 2.11 bits per heavy atom. The molecule has 0 aliphatic rings. The van der Waals surface area contributed by atoms with Crippen molar-refractivity contribution in [1.82, 2.24) is 5.32 Å². The fourth-order valence-corrected chi connectivity index (χ4v) is 1.79. The molecular weight excluding hydrogens is 316 g/mol. The first-order chi connectivity index (χ1) is 8.93. The molecule has 7 heteroatoms. The van der Waals surface area contributed by atoms with E-state index in [2.05, 4.69) is 26.6 Å². The van der Waals surface area contributed by atoms with Crippen LogP contribution in [0, 0.1) is 6.92 Å². The third-order valence-electron chi connectivity index (χ3n) is 2.47. The van der Waals surface area contributed by atoms with Crippen LogP contribution in [-0.4, -0.2) is 34.9 Å². The van der Waals surface area contributed by atoms with Crippen molar-refractivity contribution in [2.24, 2.45) is 0 Å². The van der Waals surface area contributed by atoms with Crippen molar-refractivity contribution in [3.63, 3.8) is 0 Å². The molecule has 1 rings (SSSR count). The molecule has 104 valence electrons. The average Bonchev–Trinajstić information content (AvgIpc) is 2.33. The van der Waals surface area contributed by atoms with Crippen molar-refractivity contribution < 1.29 is 19.8 Å². The zero-order chi connectivity index (χ0) is 14.4. The molecule has 1 aromatic rings. The van der Waals surface area contributed by atoms with Crippen LogP contribution < -0.4 is 10.6 Å². The van der Waals surface area contributed by atoms with E-state index in [9.17, 15) is 9.59 Å². The Hall–Kier alpha value is -1.60. The Kier molecular flexibility index (Phi) is 5.78. The van der Waals surface area contributed by atoms with Crippen molar-refractivity contribution in [2.75, 3.05) is 11.9 Å². The van der Waals surface area contributed by atoms with E-state index in [1.165, 1.54) is 0 Å². The van der Waals surface area contributed by atoms with Crippen molar-refractivity contribution in [1.29, 1.82) is 0 Å². The highest BCUT2D eigenvalue weighted by Gasteiger charge is 2.19. The van der Waals surface area contributed by atoms with Gasteiger partial charge in [-0.3, -0.25) is 0 Å². The van der Waals surface area contributed by atoms with Crippen LogP contribution in [0.3, 0.4) is 0 Å². The Morgan fingerprint density at radius 3 is 2.68 bits per heavy atom. The second-order valence-electron chi connectivity index (χ2n) is 3.96. The maximum absolute atomic E-state index is 11.7. The number of amides is 2. The van der Waals surface area contributed by atoms with Crippen LogP contribution in [-0.2, 0) is 4.79 Å². The molecule has 0 saturated heterocycles. The van der Waals surface area contributed by atoms with Gasteiger partial charge in [-0.05, 0) is 24.6 Å². The Bertz CT molecular complexity index is 479. The molecule has 4 N–H and O–H groups in total. The van der Waals surface area contributed by atoms with Gasteiger partial charge in [-0.2, -0.15) is 0 Å². The minimum atomic E-state index is -1.19. The van der Waals surface area contributed by atoms with Crippen LogP contribution in [0.5, 0.6) is 0 Å². The molecule has 2 amide bonds. The molecule has 0 radical (unpaired) electrons. The lowest BCUT2D eigenvalue weighted by Crippen LogP contribution is -2.43. The molecular formula is C12H15BrN2O4. The van der Waals surface area contributed by atoms with Crippen molar-refractivity contribution in [2.45, 2.75) is 19.4 Å². The van der Waals surface area contributed by atoms with Gasteiger partial charge in [-0.25, -0.2) is 9.59 Å². The number of benzene rings is 1. The predicted octanol–water partition coefficient (Wildman–Crippen LogP) is 1.71. The van der Waals surface area contributed by atoms with E-state index in [4.69, 9.17) is 10.2 Å². The van der Waals surface area contributed by atoms with E-state index in [1.807, 2.05) is 19.1 Å². The summed E-state index contributed by atoms with van der Waals surface area (Å²) in [5, 5.41) is 22.4. The first-order valence-electron chi connectivity index (χ1n) is 5.61. The van der Waals surface area contributed by atoms with Gasteiger partial charge in [0, 0.05) is 23.2 Å². The SMILES string of the molecule is Cc1ccc(Br)cc1NC(=O)N[C@H](CCO)C(=O)O. The van der Waals surface area contributed by atoms with Crippen LogP contribution in [0.2, 0.25) is 0 Å². The van der Waals surface area contributed by atoms with E-state index >= 15 is 0 Å². The first kappa shape index (κ1) is 15.5. The van der Waals surface area contributed by atoms with Crippen LogP contribution in [0.1, 0.15) is 12.0 Å². The number of aryl methyl sites for hydroxylation is 1. The summed E-state index contributed by atoms with van der Waals surface area (Å²) in [4.78, 5) is 22.5. The molecule has 0 aliphatic heterocycles. The number of anilines is 1. The Balaban J connectivity index is 2.68. The molecule has 0 saturated carbocycles. The third-order valence-corrected chi connectivity index (χ3v) is 2.96. The second kappa shape index (κ2) is 7.10. The molecule has 0 aliphatic carbocycles. The van der Waals surface area contributed by atoms with Crippen molar-refractivity contribution >= 4 is 33.6 Å². The van der Waals surface area contributed by atoms with Crippen LogP contribution in [0.15, 0.2) is 22.7 Å². The lowest BCUT2D eigenvalue weighted by molar-refractivity contribution is -0.139. The molecule has 0 heterocycles. The summed E-state index contributed by atoms with van der Waals surface area (Å²) in [6.45, 7) is 1.51. The number of carboxylic acids is 1. The van der Waals surface area contributed by atoms with Gasteiger partial charge in [-0.1, -0.05) is 22.0 Å². The fraction of sp³-hybridized carbons (Fsp3) is 0.333. The first-order valence-corrected chi connectivity index (χ1v) is 6.40. The summed E-state index contributed by atoms with van der Waals surface area (Å²) in [6, 6.07) is 3.64. The number of rotatable bonds is 5. The highest BCUT2D eigenvalue weighted by molar-refractivity contribution is 9.10.